The number of carbonyl (C=O) groups excluding carboxylic acids is 1. The quantitative estimate of drug-likeness (QED) is 0.669. The van der Waals surface area contributed by atoms with E-state index in [-0.39, 0.29) is 30.2 Å². The third-order valence-corrected chi connectivity index (χ3v) is 5.47. The van der Waals surface area contributed by atoms with Crippen LogP contribution in [0.3, 0.4) is 0 Å². The molecule has 1 fully saturated rings. The Labute approximate surface area is 172 Å². The van der Waals surface area contributed by atoms with Crippen LogP contribution in [0.1, 0.15) is 47.4 Å². The van der Waals surface area contributed by atoms with E-state index in [9.17, 15) is 18.7 Å². The van der Waals surface area contributed by atoms with E-state index < -0.39 is 11.6 Å². The molecular weight excluding hydrogens is 392 g/mol. The van der Waals surface area contributed by atoms with E-state index in [1.807, 2.05) is 0 Å². The second-order valence-corrected chi connectivity index (χ2v) is 7.58. The molecule has 0 aliphatic heterocycles. The summed E-state index contributed by atoms with van der Waals surface area (Å²) in [5.74, 6) is -1.29. The molecule has 30 heavy (non-hydrogen) atoms. The van der Waals surface area contributed by atoms with Crippen molar-refractivity contribution in [3.05, 3.63) is 65.1 Å². The summed E-state index contributed by atoms with van der Waals surface area (Å²) in [7, 11) is 0. The summed E-state index contributed by atoms with van der Waals surface area (Å²) in [6.45, 7) is 1.43. The van der Waals surface area contributed by atoms with E-state index in [4.69, 9.17) is 4.74 Å². The van der Waals surface area contributed by atoms with Crippen molar-refractivity contribution in [3.63, 3.8) is 0 Å². The summed E-state index contributed by atoms with van der Waals surface area (Å²) in [4.78, 5) is 17.3. The first-order valence-corrected chi connectivity index (χ1v) is 9.96. The minimum Gasteiger partial charge on any atom is -0.485 e. The van der Waals surface area contributed by atoms with Crippen LogP contribution >= 0.6 is 0 Å². The van der Waals surface area contributed by atoms with Gasteiger partial charge in [-0.1, -0.05) is 6.07 Å². The number of hydrogen-bond acceptors (Lipinski definition) is 4. The number of rotatable bonds is 5. The number of fused-ring (bicyclic) bond motifs is 1. The van der Waals surface area contributed by atoms with Crippen molar-refractivity contribution in [2.75, 3.05) is 0 Å². The minimum atomic E-state index is -0.681. The van der Waals surface area contributed by atoms with E-state index in [1.54, 1.807) is 29.7 Å². The first-order chi connectivity index (χ1) is 14.4. The second-order valence-electron chi connectivity index (χ2n) is 7.58. The van der Waals surface area contributed by atoms with Crippen LogP contribution < -0.4 is 10.1 Å². The van der Waals surface area contributed by atoms with E-state index in [0.29, 0.717) is 35.6 Å². The number of halogens is 2. The van der Waals surface area contributed by atoms with Crippen LogP contribution in [0.5, 0.6) is 5.75 Å². The number of hydrogen-bond donors (Lipinski definition) is 2. The van der Waals surface area contributed by atoms with Crippen molar-refractivity contribution >= 4 is 11.6 Å². The Morgan fingerprint density at radius 2 is 1.90 bits per heavy atom. The summed E-state index contributed by atoms with van der Waals surface area (Å²) in [5.41, 5.74) is 1.14. The number of aliphatic hydroxyl groups excluding tert-OH is 1. The monoisotopic (exact) mass is 415 g/mol. The maximum absolute atomic E-state index is 13.9. The van der Waals surface area contributed by atoms with Gasteiger partial charge in [0.25, 0.3) is 5.91 Å². The Hall–Kier alpha value is -3.00. The number of benzene rings is 1. The first kappa shape index (κ1) is 20.3. The first-order valence-electron chi connectivity index (χ1n) is 9.96. The average molecular weight is 415 g/mol. The number of nitrogens with one attached hydrogen (secondary N) is 1. The zero-order chi connectivity index (χ0) is 21.3. The summed E-state index contributed by atoms with van der Waals surface area (Å²) in [6.07, 6.45) is 4.19. The van der Waals surface area contributed by atoms with Gasteiger partial charge in [0.05, 0.1) is 17.4 Å². The zero-order valence-electron chi connectivity index (χ0n) is 16.6. The minimum absolute atomic E-state index is 0.00862. The van der Waals surface area contributed by atoms with Gasteiger partial charge in [-0.25, -0.2) is 13.8 Å². The molecule has 2 N–H and O–H groups in total. The summed E-state index contributed by atoms with van der Waals surface area (Å²) >= 11 is 0. The van der Waals surface area contributed by atoms with Crippen LogP contribution in [0.4, 0.5) is 8.78 Å². The molecule has 1 saturated carbocycles. The SMILES string of the molecule is Cc1nc2c(OCc3c(F)cccc3F)cccn2c1C(=O)N[C@H]1CC[C@H](O)CC1. The molecule has 0 bridgehead atoms. The molecule has 3 aromatic rings. The lowest BCUT2D eigenvalue weighted by molar-refractivity contribution is 0.0862. The van der Waals surface area contributed by atoms with Gasteiger partial charge >= 0.3 is 0 Å². The number of carbonyl (C=O) groups is 1. The Bertz CT molecular complexity index is 1050. The van der Waals surface area contributed by atoms with Gasteiger partial charge in [0.15, 0.2) is 11.4 Å². The van der Waals surface area contributed by atoms with Gasteiger partial charge in [-0.15, -0.1) is 0 Å². The highest BCUT2D eigenvalue weighted by Crippen LogP contribution is 2.25. The van der Waals surface area contributed by atoms with Crippen molar-refractivity contribution in [2.24, 2.45) is 0 Å². The molecule has 8 heteroatoms. The number of aromatic nitrogens is 2. The highest BCUT2D eigenvalue weighted by Gasteiger charge is 2.24. The highest BCUT2D eigenvalue weighted by atomic mass is 19.1. The van der Waals surface area contributed by atoms with Crippen LogP contribution in [-0.4, -0.2) is 32.5 Å². The maximum atomic E-state index is 13.9. The van der Waals surface area contributed by atoms with Crippen molar-refractivity contribution in [1.82, 2.24) is 14.7 Å². The number of pyridine rings is 1. The molecule has 1 aliphatic carbocycles. The Morgan fingerprint density at radius 1 is 1.20 bits per heavy atom. The Morgan fingerprint density at radius 3 is 2.60 bits per heavy atom. The number of imidazole rings is 1. The van der Waals surface area contributed by atoms with E-state index in [0.717, 1.165) is 12.8 Å². The topological polar surface area (TPSA) is 75.9 Å². The van der Waals surface area contributed by atoms with E-state index >= 15 is 0 Å². The molecule has 1 amide bonds. The molecule has 0 atom stereocenters. The van der Waals surface area contributed by atoms with Gasteiger partial charge in [-0.2, -0.15) is 0 Å². The standard InChI is InChI=1S/C22H23F2N3O3/c1-13-20(22(29)26-14-7-9-15(28)10-8-14)27-11-3-6-19(21(27)25-13)30-12-16-17(23)4-2-5-18(16)24/h2-6,11,14-15,28H,7-10,12H2,1H3,(H,26,29)/t14-,15-. The van der Waals surface area contributed by atoms with Crippen LogP contribution in [0.25, 0.3) is 5.65 Å². The van der Waals surface area contributed by atoms with Crippen molar-refractivity contribution < 1.29 is 23.4 Å². The summed E-state index contributed by atoms with van der Waals surface area (Å²) in [5, 5.41) is 12.7. The van der Waals surface area contributed by atoms with Gasteiger partial charge in [0, 0.05) is 12.2 Å². The fourth-order valence-corrected chi connectivity index (χ4v) is 3.84. The smallest absolute Gasteiger partial charge is 0.270 e. The fraction of sp³-hybridized carbons (Fsp3) is 0.364. The summed E-state index contributed by atoms with van der Waals surface area (Å²) < 4.78 is 35.0. The van der Waals surface area contributed by atoms with Gasteiger partial charge in [0.2, 0.25) is 0 Å². The number of aliphatic hydroxyl groups is 1. The third kappa shape index (κ3) is 4.00. The highest BCUT2D eigenvalue weighted by molar-refractivity contribution is 5.95. The number of amides is 1. The molecule has 0 unspecified atom stereocenters. The molecule has 0 radical (unpaired) electrons. The zero-order valence-corrected chi connectivity index (χ0v) is 16.6. The molecule has 1 aliphatic rings. The molecule has 2 aromatic heterocycles. The molecule has 4 rings (SSSR count). The lowest BCUT2D eigenvalue weighted by Crippen LogP contribution is -2.39. The molecule has 158 valence electrons. The normalized spacial score (nSPS) is 19.1. The van der Waals surface area contributed by atoms with Gasteiger partial charge in [-0.05, 0) is 56.9 Å². The molecule has 1 aromatic carbocycles. The molecule has 2 heterocycles. The van der Waals surface area contributed by atoms with Gasteiger partial charge < -0.3 is 15.2 Å². The predicted octanol–water partition coefficient (Wildman–Crippen LogP) is 3.53. The third-order valence-electron chi connectivity index (χ3n) is 5.47. The largest absolute Gasteiger partial charge is 0.485 e. The lowest BCUT2D eigenvalue weighted by Gasteiger charge is -2.26. The van der Waals surface area contributed by atoms with Gasteiger partial charge in [-0.3, -0.25) is 9.20 Å². The maximum Gasteiger partial charge on any atom is 0.270 e. The van der Waals surface area contributed by atoms with Crippen LogP contribution in [-0.2, 0) is 6.61 Å². The molecule has 6 nitrogen and oxygen atoms in total. The van der Waals surface area contributed by atoms with E-state index in [2.05, 4.69) is 10.3 Å². The predicted molar refractivity (Wildman–Crippen MR) is 106 cm³/mol. The summed E-state index contributed by atoms with van der Waals surface area (Å²) in [6, 6.07) is 6.99. The van der Waals surface area contributed by atoms with Crippen molar-refractivity contribution in [2.45, 2.75) is 51.4 Å². The number of nitrogens with zero attached hydrogens (tertiary/aromatic N) is 2. The Balaban J connectivity index is 1.56. The molecule has 0 spiro atoms. The second kappa shape index (κ2) is 8.39. The van der Waals surface area contributed by atoms with E-state index in [1.165, 1.54) is 18.2 Å². The van der Waals surface area contributed by atoms with Crippen LogP contribution in [0.2, 0.25) is 0 Å². The van der Waals surface area contributed by atoms with Crippen molar-refractivity contribution in [1.29, 1.82) is 0 Å². The van der Waals surface area contributed by atoms with Crippen LogP contribution in [0.15, 0.2) is 36.5 Å². The van der Waals surface area contributed by atoms with Gasteiger partial charge in [0.1, 0.15) is 23.9 Å². The van der Waals surface area contributed by atoms with Crippen LogP contribution in [0, 0.1) is 18.6 Å². The average Bonchev–Trinajstić information content (AvgIpc) is 3.06. The molecular formula is C22H23F2N3O3. The number of aryl methyl sites for hydroxylation is 1. The van der Waals surface area contributed by atoms with Crippen molar-refractivity contribution in [3.8, 4) is 5.75 Å². The lowest BCUT2D eigenvalue weighted by atomic mass is 9.93. The molecule has 0 saturated heterocycles. The number of ether oxygens (including phenoxy) is 1. The fourth-order valence-electron chi connectivity index (χ4n) is 3.84. The Kier molecular flexibility index (Phi) is 5.67.